The van der Waals surface area contributed by atoms with Crippen molar-refractivity contribution >= 4 is 32.9 Å². The van der Waals surface area contributed by atoms with E-state index in [1.54, 1.807) is 24.0 Å². The lowest BCUT2D eigenvalue weighted by Crippen LogP contribution is -2.55. The summed E-state index contributed by atoms with van der Waals surface area (Å²) in [6.07, 6.45) is 10.6. The lowest BCUT2D eigenvalue weighted by Gasteiger charge is -2.46. The van der Waals surface area contributed by atoms with Crippen LogP contribution in [-0.4, -0.2) is 39.2 Å². The van der Waals surface area contributed by atoms with Gasteiger partial charge in [-0.1, -0.05) is 26.3 Å². The van der Waals surface area contributed by atoms with Crippen LogP contribution in [0.25, 0.3) is 15.8 Å². The van der Waals surface area contributed by atoms with Gasteiger partial charge in [-0.05, 0) is 38.1 Å². The van der Waals surface area contributed by atoms with Gasteiger partial charge in [-0.15, -0.1) is 11.3 Å². The molecule has 0 bridgehead atoms. The van der Waals surface area contributed by atoms with Crippen molar-refractivity contribution < 1.29 is 0 Å². The van der Waals surface area contributed by atoms with Gasteiger partial charge < -0.3 is 10.3 Å². The maximum Gasteiger partial charge on any atom is 0.147 e. The van der Waals surface area contributed by atoms with E-state index in [1.165, 1.54) is 17.2 Å². The lowest BCUT2D eigenvalue weighted by atomic mass is 9.65. The number of imidazole rings is 1. The molecule has 2 atom stereocenters. The van der Waals surface area contributed by atoms with Gasteiger partial charge in [-0.3, -0.25) is 10.3 Å². The minimum Gasteiger partial charge on any atom is -0.368 e. The number of aromatic nitrogens is 4. The van der Waals surface area contributed by atoms with Crippen molar-refractivity contribution in [2.24, 2.45) is 16.3 Å². The Hall–Kier alpha value is -2.32. The summed E-state index contributed by atoms with van der Waals surface area (Å²) < 4.78 is 2.21. The fraction of sp³-hybridized carbons (Fsp3) is 0.565. The van der Waals surface area contributed by atoms with E-state index in [0.29, 0.717) is 11.3 Å². The first-order valence-electron chi connectivity index (χ1n) is 11.2. The molecule has 8 heteroatoms. The number of nitrogens with one attached hydrogen (secondary N) is 3. The second kappa shape index (κ2) is 7.67. The van der Waals surface area contributed by atoms with Crippen LogP contribution in [0, 0.1) is 11.3 Å². The van der Waals surface area contributed by atoms with Gasteiger partial charge in [-0.25, -0.2) is 15.0 Å². The third-order valence-corrected chi connectivity index (χ3v) is 8.14. The van der Waals surface area contributed by atoms with E-state index in [9.17, 15) is 0 Å². The molecule has 1 saturated carbocycles. The first-order valence-corrected chi connectivity index (χ1v) is 12.0. The van der Waals surface area contributed by atoms with Gasteiger partial charge in [0.2, 0.25) is 0 Å². The van der Waals surface area contributed by atoms with Crippen LogP contribution in [0.1, 0.15) is 52.1 Å². The zero-order chi connectivity index (χ0) is 21.6. The van der Waals surface area contributed by atoms with Crippen LogP contribution in [-0.2, 0) is 6.42 Å². The average Bonchev–Trinajstić information content (AvgIpc) is 3.40. The fourth-order valence-electron chi connectivity index (χ4n) is 5.35. The molecule has 0 aromatic carbocycles. The zero-order valence-corrected chi connectivity index (χ0v) is 19.6. The van der Waals surface area contributed by atoms with Gasteiger partial charge >= 0.3 is 0 Å². The molecule has 0 amide bonds. The van der Waals surface area contributed by atoms with Gasteiger partial charge in [0, 0.05) is 36.0 Å². The highest BCUT2D eigenvalue weighted by Gasteiger charge is 2.45. The van der Waals surface area contributed by atoms with Crippen molar-refractivity contribution in [3.8, 4) is 0 Å². The van der Waals surface area contributed by atoms with Crippen LogP contribution in [0.15, 0.2) is 23.8 Å². The summed E-state index contributed by atoms with van der Waals surface area (Å²) in [6.45, 7) is 7.81. The van der Waals surface area contributed by atoms with Gasteiger partial charge in [0.25, 0.3) is 0 Å². The third-order valence-electron chi connectivity index (χ3n) is 7.06. The Morgan fingerprint density at radius 2 is 2.16 bits per heavy atom. The number of fused-ring (bicyclic) bond motifs is 4. The number of rotatable bonds is 6. The molecule has 2 unspecified atom stereocenters. The summed E-state index contributed by atoms with van der Waals surface area (Å²) in [5, 5.41) is 8.39. The van der Waals surface area contributed by atoms with Crippen molar-refractivity contribution in [2.75, 3.05) is 18.9 Å². The van der Waals surface area contributed by atoms with E-state index in [0.717, 1.165) is 58.6 Å². The smallest absolute Gasteiger partial charge is 0.147 e. The van der Waals surface area contributed by atoms with E-state index in [-0.39, 0.29) is 5.66 Å². The van der Waals surface area contributed by atoms with Crippen LogP contribution < -0.4 is 20.5 Å². The second-order valence-electron chi connectivity index (χ2n) is 9.53. The maximum atomic E-state index is 5.32. The number of thiophene rings is 1. The van der Waals surface area contributed by atoms with Gasteiger partial charge in [-0.2, -0.15) is 0 Å². The van der Waals surface area contributed by atoms with Crippen molar-refractivity contribution in [1.82, 2.24) is 25.3 Å². The number of hydrogen-bond donors (Lipinski definition) is 3. The van der Waals surface area contributed by atoms with Gasteiger partial charge in [0.1, 0.15) is 22.5 Å². The second-order valence-corrected chi connectivity index (χ2v) is 10.5. The van der Waals surface area contributed by atoms with Gasteiger partial charge in [0.05, 0.1) is 16.5 Å². The van der Waals surface area contributed by atoms with E-state index in [1.807, 2.05) is 6.20 Å². The number of H-pyrrole nitrogens is 1. The molecule has 1 fully saturated rings. The molecule has 3 N–H and O–H groups in total. The van der Waals surface area contributed by atoms with Gasteiger partial charge in [0.15, 0.2) is 0 Å². The molecule has 1 aliphatic carbocycles. The van der Waals surface area contributed by atoms with E-state index < -0.39 is 0 Å². The minimum atomic E-state index is -0.221. The molecule has 5 rings (SSSR count). The molecule has 3 aromatic heterocycles. The first kappa shape index (κ1) is 20.6. The fourth-order valence-corrected chi connectivity index (χ4v) is 6.55. The number of aromatic amines is 1. The summed E-state index contributed by atoms with van der Waals surface area (Å²) in [6, 6.07) is 0. The molecule has 164 valence electrons. The Bertz CT molecular complexity index is 1200. The van der Waals surface area contributed by atoms with Crippen LogP contribution in [0.4, 0.5) is 5.82 Å². The Morgan fingerprint density at radius 3 is 2.90 bits per heavy atom. The zero-order valence-electron chi connectivity index (χ0n) is 18.7. The van der Waals surface area contributed by atoms with Crippen molar-refractivity contribution in [1.29, 1.82) is 0 Å². The van der Waals surface area contributed by atoms with E-state index >= 15 is 0 Å². The minimum absolute atomic E-state index is 0.221. The largest absolute Gasteiger partial charge is 0.368 e. The van der Waals surface area contributed by atoms with Crippen molar-refractivity contribution in [2.45, 2.75) is 58.5 Å². The number of anilines is 1. The van der Waals surface area contributed by atoms with Crippen molar-refractivity contribution in [3.05, 3.63) is 34.4 Å². The Kier molecular flexibility index (Phi) is 5.09. The standard InChI is InChI=1S/C23H31N7S/c1-5-23(24-4)16-6-8-22(2,3)10-15(16)17-18-19(31-21(17)30-23)20(29-13-28-18)26-9-7-14-11-25-12-27-14/h11-13,16,24H,5-10H2,1-4H3,(H,25,27)(H,26,28,29). The third kappa shape index (κ3) is 3.46. The molecule has 7 nitrogen and oxygen atoms in total. The molecule has 3 aromatic rings. The lowest BCUT2D eigenvalue weighted by molar-refractivity contribution is 0.181. The summed E-state index contributed by atoms with van der Waals surface area (Å²) in [7, 11) is 2.06. The van der Waals surface area contributed by atoms with Crippen molar-refractivity contribution in [3.63, 3.8) is 0 Å². The topological polar surface area (TPSA) is 90.9 Å². The quantitative estimate of drug-likeness (QED) is 0.551. The molecule has 0 radical (unpaired) electrons. The highest BCUT2D eigenvalue weighted by molar-refractivity contribution is 7.17. The highest BCUT2D eigenvalue weighted by atomic mass is 32.1. The molecular formula is C23H31N7S. The average molecular weight is 438 g/mol. The first-order chi connectivity index (χ1) is 15.0. The summed E-state index contributed by atoms with van der Waals surface area (Å²) in [4.78, 5) is 21.9. The molecule has 31 heavy (non-hydrogen) atoms. The Balaban J connectivity index is 1.63. The molecule has 1 aliphatic heterocycles. The molecular weight excluding hydrogens is 406 g/mol. The molecule has 2 aliphatic rings. The monoisotopic (exact) mass is 437 g/mol. The summed E-state index contributed by atoms with van der Waals surface area (Å²) in [5.41, 5.74) is 3.79. The molecule has 4 heterocycles. The highest BCUT2D eigenvalue weighted by Crippen LogP contribution is 2.48. The number of nitrogens with zero attached hydrogens (tertiary/aromatic N) is 4. The summed E-state index contributed by atoms with van der Waals surface area (Å²) in [5.74, 6) is 1.32. The summed E-state index contributed by atoms with van der Waals surface area (Å²) >= 11 is 1.73. The van der Waals surface area contributed by atoms with E-state index in [4.69, 9.17) is 9.98 Å². The number of hydrogen-bond acceptors (Lipinski definition) is 7. The Morgan fingerprint density at radius 1 is 1.29 bits per heavy atom. The van der Waals surface area contributed by atoms with Crippen LogP contribution in [0.2, 0.25) is 0 Å². The predicted molar refractivity (Wildman–Crippen MR) is 126 cm³/mol. The Labute approximate surface area is 186 Å². The van der Waals surface area contributed by atoms with Crippen LogP contribution in [0.5, 0.6) is 0 Å². The van der Waals surface area contributed by atoms with E-state index in [2.05, 4.69) is 53.4 Å². The molecule has 0 saturated heterocycles. The maximum absolute atomic E-state index is 5.32. The normalized spacial score (nSPS) is 24.5. The van der Waals surface area contributed by atoms with Crippen LogP contribution in [0.3, 0.4) is 0 Å². The predicted octanol–water partition coefficient (Wildman–Crippen LogP) is 3.00. The van der Waals surface area contributed by atoms with Crippen LogP contribution >= 0.6 is 11.3 Å². The SMILES string of the molecule is CCC1(NC)N=c2sc3c(NCCc4cnc[nH]4)ncnc3c2=C2CC(C)(C)CCC21. The molecule has 0 spiro atoms.